The first-order valence-corrected chi connectivity index (χ1v) is 8.27. The number of carbonyl (C=O) groups excluding carboxylic acids is 2. The van der Waals surface area contributed by atoms with Gasteiger partial charge in [-0.3, -0.25) is 4.79 Å². The van der Waals surface area contributed by atoms with Crippen molar-refractivity contribution >= 4 is 17.6 Å². The van der Waals surface area contributed by atoms with Gasteiger partial charge in [0.25, 0.3) is 5.91 Å². The van der Waals surface area contributed by atoms with E-state index in [-0.39, 0.29) is 18.0 Å². The first kappa shape index (κ1) is 15.8. The number of nitrogens with one attached hydrogen (secondary N) is 2. The Morgan fingerprint density at radius 3 is 2.61 bits per heavy atom. The van der Waals surface area contributed by atoms with E-state index in [1.807, 2.05) is 0 Å². The monoisotopic (exact) mass is 317 g/mol. The van der Waals surface area contributed by atoms with Crippen molar-refractivity contribution in [2.24, 2.45) is 0 Å². The summed E-state index contributed by atoms with van der Waals surface area (Å²) in [5.74, 6) is -0.0202. The van der Waals surface area contributed by atoms with Gasteiger partial charge in [-0.2, -0.15) is 0 Å². The smallest absolute Gasteiger partial charge is 0.319 e. The molecule has 0 bridgehead atoms. The van der Waals surface area contributed by atoms with Gasteiger partial charge in [-0.15, -0.1) is 0 Å². The van der Waals surface area contributed by atoms with Gasteiger partial charge < -0.3 is 20.3 Å². The Bertz CT molecular complexity index is 564. The summed E-state index contributed by atoms with van der Waals surface area (Å²) < 4.78 is 5.27. The highest BCUT2D eigenvalue weighted by Gasteiger charge is 2.20. The number of amides is 3. The number of ether oxygens (including phenoxy) is 1. The molecule has 1 saturated heterocycles. The van der Waals surface area contributed by atoms with E-state index in [1.165, 1.54) is 12.8 Å². The lowest BCUT2D eigenvalue weighted by Gasteiger charge is -2.27. The summed E-state index contributed by atoms with van der Waals surface area (Å²) in [5.41, 5.74) is 1.23. The zero-order chi connectivity index (χ0) is 16.1. The molecule has 23 heavy (non-hydrogen) atoms. The molecule has 6 nitrogen and oxygen atoms in total. The number of nitrogens with zero attached hydrogens (tertiary/aromatic N) is 1. The van der Waals surface area contributed by atoms with E-state index in [9.17, 15) is 9.59 Å². The summed E-state index contributed by atoms with van der Waals surface area (Å²) in [6.07, 6.45) is 4.44. The highest BCUT2D eigenvalue weighted by Crippen LogP contribution is 2.18. The van der Waals surface area contributed by atoms with Crippen LogP contribution in [-0.4, -0.2) is 49.2 Å². The van der Waals surface area contributed by atoms with Crippen molar-refractivity contribution in [2.45, 2.75) is 31.7 Å². The van der Waals surface area contributed by atoms with Crippen LogP contribution in [0.5, 0.6) is 0 Å². The molecule has 124 valence electrons. The van der Waals surface area contributed by atoms with Gasteiger partial charge >= 0.3 is 6.03 Å². The summed E-state index contributed by atoms with van der Waals surface area (Å²) in [4.78, 5) is 26.3. The maximum atomic E-state index is 12.5. The summed E-state index contributed by atoms with van der Waals surface area (Å²) in [7, 11) is 0. The van der Waals surface area contributed by atoms with E-state index in [2.05, 4.69) is 10.6 Å². The van der Waals surface area contributed by atoms with Crippen molar-refractivity contribution in [3.05, 3.63) is 29.8 Å². The Kier molecular flexibility index (Phi) is 5.12. The van der Waals surface area contributed by atoms with Crippen molar-refractivity contribution in [1.29, 1.82) is 0 Å². The minimum atomic E-state index is -0.201. The van der Waals surface area contributed by atoms with Gasteiger partial charge in [-0.1, -0.05) is 18.9 Å². The Balaban J connectivity index is 1.60. The number of anilines is 1. The van der Waals surface area contributed by atoms with Crippen molar-refractivity contribution < 1.29 is 14.3 Å². The van der Waals surface area contributed by atoms with Gasteiger partial charge in [-0.05, 0) is 31.0 Å². The molecule has 2 aliphatic rings. The minimum Gasteiger partial charge on any atom is -0.378 e. The number of hydrogen-bond acceptors (Lipinski definition) is 3. The fourth-order valence-electron chi connectivity index (χ4n) is 3.10. The van der Waals surface area contributed by atoms with Crippen molar-refractivity contribution in [3.63, 3.8) is 0 Å². The van der Waals surface area contributed by atoms with Crippen LogP contribution in [0.4, 0.5) is 10.5 Å². The molecule has 1 heterocycles. The van der Waals surface area contributed by atoms with Crippen molar-refractivity contribution in [1.82, 2.24) is 10.2 Å². The van der Waals surface area contributed by atoms with Crippen LogP contribution in [0.15, 0.2) is 24.3 Å². The SMILES string of the molecule is O=C(Nc1cccc(C(=O)N2CCOCC2)c1)NC1CCCC1. The Labute approximate surface area is 136 Å². The van der Waals surface area contributed by atoms with Crippen LogP contribution in [0.2, 0.25) is 0 Å². The fourth-order valence-corrected chi connectivity index (χ4v) is 3.10. The fraction of sp³-hybridized carbons (Fsp3) is 0.529. The molecular formula is C17H23N3O3. The lowest BCUT2D eigenvalue weighted by molar-refractivity contribution is 0.0303. The number of hydrogen-bond donors (Lipinski definition) is 2. The van der Waals surface area contributed by atoms with Gasteiger partial charge in [0.2, 0.25) is 0 Å². The second-order valence-electron chi connectivity index (χ2n) is 6.07. The third-order valence-corrected chi connectivity index (χ3v) is 4.36. The summed E-state index contributed by atoms with van der Waals surface area (Å²) >= 11 is 0. The normalized spacial score (nSPS) is 18.7. The second kappa shape index (κ2) is 7.46. The lowest BCUT2D eigenvalue weighted by atomic mass is 10.1. The van der Waals surface area contributed by atoms with Crippen LogP contribution in [0.1, 0.15) is 36.0 Å². The number of morpholine rings is 1. The van der Waals surface area contributed by atoms with Crippen LogP contribution in [0, 0.1) is 0 Å². The molecule has 0 spiro atoms. The van der Waals surface area contributed by atoms with Gasteiger partial charge in [0.15, 0.2) is 0 Å². The standard InChI is InChI=1S/C17H23N3O3/c21-16(20-8-10-23-11-9-20)13-4-3-7-15(12-13)19-17(22)18-14-5-1-2-6-14/h3-4,7,12,14H,1-2,5-6,8-11H2,(H2,18,19,22). The lowest BCUT2D eigenvalue weighted by Crippen LogP contribution is -2.40. The van der Waals surface area contributed by atoms with E-state index in [0.717, 1.165) is 12.8 Å². The molecule has 3 amide bonds. The molecule has 1 aliphatic carbocycles. The van der Waals surface area contributed by atoms with E-state index < -0.39 is 0 Å². The summed E-state index contributed by atoms with van der Waals surface area (Å²) in [6, 6.07) is 7.16. The zero-order valence-electron chi connectivity index (χ0n) is 13.2. The number of urea groups is 1. The predicted molar refractivity (Wildman–Crippen MR) is 87.6 cm³/mol. The zero-order valence-corrected chi connectivity index (χ0v) is 13.2. The highest BCUT2D eigenvalue weighted by molar-refractivity contribution is 5.97. The molecule has 0 aromatic heterocycles. The molecule has 0 atom stereocenters. The predicted octanol–water partition coefficient (Wildman–Crippen LogP) is 2.22. The molecule has 2 N–H and O–H groups in total. The number of benzene rings is 1. The van der Waals surface area contributed by atoms with Crippen molar-refractivity contribution in [2.75, 3.05) is 31.6 Å². The third kappa shape index (κ3) is 4.22. The van der Waals surface area contributed by atoms with Crippen LogP contribution >= 0.6 is 0 Å². The summed E-state index contributed by atoms with van der Waals surface area (Å²) in [6.45, 7) is 2.37. The topological polar surface area (TPSA) is 70.7 Å². The van der Waals surface area contributed by atoms with Crippen molar-refractivity contribution in [3.8, 4) is 0 Å². The van der Waals surface area contributed by atoms with Crippen LogP contribution < -0.4 is 10.6 Å². The molecule has 1 aromatic rings. The van der Waals surface area contributed by atoms with E-state index in [0.29, 0.717) is 37.6 Å². The minimum absolute atomic E-state index is 0.0202. The molecule has 2 fully saturated rings. The molecule has 1 aliphatic heterocycles. The van der Waals surface area contributed by atoms with Gasteiger partial charge in [0.1, 0.15) is 0 Å². The second-order valence-corrected chi connectivity index (χ2v) is 6.07. The average molecular weight is 317 g/mol. The number of rotatable bonds is 3. The van der Waals surface area contributed by atoms with Crippen LogP contribution in [0.3, 0.4) is 0 Å². The first-order valence-electron chi connectivity index (χ1n) is 8.27. The molecule has 3 rings (SSSR count). The summed E-state index contributed by atoms with van der Waals surface area (Å²) in [5, 5.41) is 5.80. The quantitative estimate of drug-likeness (QED) is 0.898. The highest BCUT2D eigenvalue weighted by atomic mass is 16.5. The molecule has 6 heteroatoms. The first-order chi connectivity index (χ1) is 11.2. The van der Waals surface area contributed by atoms with E-state index in [4.69, 9.17) is 4.74 Å². The largest absolute Gasteiger partial charge is 0.378 e. The third-order valence-electron chi connectivity index (χ3n) is 4.36. The Morgan fingerprint density at radius 2 is 1.87 bits per heavy atom. The van der Waals surface area contributed by atoms with Crippen LogP contribution in [-0.2, 0) is 4.74 Å². The molecule has 0 radical (unpaired) electrons. The Hall–Kier alpha value is -2.08. The molecular weight excluding hydrogens is 294 g/mol. The van der Waals surface area contributed by atoms with Gasteiger partial charge in [-0.25, -0.2) is 4.79 Å². The maximum absolute atomic E-state index is 12.5. The maximum Gasteiger partial charge on any atom is 0.319 e. The van der Waals surface area contributed by atoms with Gasteiger partial charge in [0.05, 0.1) is 13.2 Å². The molecule has 0 unspecified atom stereocenters. The van der Waals surface area contributed by atoms with E-state index in [1.54, 1.807) is 29.2 Å². The molecule has 1 aromatic carbocycles. The molecule has 1 saturated carbocycles. The van der Waals surface area contributed by atoms with Gasteiger partial charge in [0, 0.05) is 30.4 Å². The van der Waals surface area contributed by atoms with E-state index >= 15 is 0 Å². The van der Waals surface area contributed by atoms with Crippen LogP contribution in [0.25, 0.3) is 0 Å². The number of carbonyl (C=O) groups is 2. The average Bonchev–Trinajstić information content (AvgIpc) is 3.08. The Morgan fingerprint density at radius 1 is 1.13 bits per heavy atom.